The number of nitrogens with zero attached hydrogens (tertiary/aromatic N) is 5. The van der Waals surface area contributed by atoms with E-state index in [9.17, 15) is 0 Å². The lowest BCUT2D eigenvalue weighted by atomic mass is 9.85. The van der Waals surface area contributed by atoms with Crippen molar-refractivity contribution in [1.29, 1.82) is 0 Å². The Morgan fingerprint density at radius 3 is 2.95 bits per heavy atom. The Kier molecular flexibility index (Phi) is 2.44. The number of fused-ring (bicyclic) bond motifs is 2. The van der Waals surface area contributed by atoms with Crippen molar-refractivity contribution in [2.75, 3.05) is 0 Å². The van der Waals surface area contributed by atoms with Crippen LogP contribution in [0.25, 0.3) is 11.2 Å². The van der Waals surface area contributed by atoms with Crippen LogP contribution < -0.4 is 0 Å². The molecule has 3 heterocycles. The van der Waals surface area contributed by atoms with E-state index in [0.29, 0.717) is 5.92 Å². The number of hydrogen-bond donors (Lipinski definition) is 0. The molecule has 1 saturated carbocycles. The highest BCUT2D eigenvalue weighted by Crippen LogP contribution is 2.36. The van der Waals surface area contributed by atoms with Crippen LogP contribution in [0.15, 0.2) is 36.8 Å². The maximum absolute atomic E-state index is 4.79. The Balaban J connectivity index is 1.55. The monoisotopic (exact) mass is 289 g/mol. The first-order valence-electron chi connectivity index (χ1n) is 7.75. The van der Waals surface area contributed by atoms with Crippen molar-refractivity contribution < 1.29 is 0 Å². The van der Waals surface area contributed by atoms with E-state index in [4.69, 9.17) is 4.98 Å². The average Bonchev–Trinajstić information content (AvgIpc) is 3.10. The minimum atomic E-state index is 0.579. The first kappa shape index (κ1) is 12.0. The molecule has 0 aliphatic heterocycles. The lowest BCUT2D eigenvalue weighted by molar-refractivity contribution is 0.400. The summed E-state index contributed by atoms with van der Waals surface area (Å²) in [6.07, 6.45) is 12.5. The molecule has 5 rings (SSSR count). The van der Waals surface area contributed by atoms with Crippen molar-refractivity contribution in [1.82, 2.24) is 24.6 Å². The molecule has 2 aliphatic carbocycles. The van der Waals surface area contributed by atoms with Gasteiger partial charge in [0, 0.05) is 41.9 Å². The molecule has 0 bridgehead atoms. The van der Waals surface area contributed by atoms with E-state index in [0.717, 1.165) is 40.4 Å². The second-order valence-electron chi connectivity index (χ2n) is 5.99. The summed E-state index contributed by atoms with van der Waals surface area (Å²) in [5.41, 5.74) is 5.23. The summed E-state index contributed by atoms with van der Waals surface area (Å²) in [5.74, 6) is 1.61. The molecular weight excluding hydrogens is 274 g/mol. The smallest absolute Gasteiger partial charge is 0.155 e. The van der Waals surface area contributed by atoms with Gasteiger partial charge in [-0.25, -0.2) is 19.5 Å². The number of allylic oxidation sites excluding steroid dienone is 1. The van der Waals surface area contributed by atoms with Crippen molar-refractivity contribution in [2.45, 2.75) is 31.6 Å². The quantitative estimate of drug-likeness (QED) is 0.728. The van der Waals surface area contributed by atoms with Crippen LogP contribution in [0.5, 0.6) is 0 Å². The Morgan fingerprint density at radius 1 is 1.14 bits per heavy atom. The van der Waals surface area contributed by atoms with E-state index in [-0.39, 0.29) is 0 Å². The van der Waals surface area contributed by atoms with Gasteiger partial charge in [0.05, 0.1) is 17.6 Å². The van der Waals surface area contributed by atoms with Gasteiger partial charge in [0.2, 0.25) is 0 Å². The molecule has 0 amide bonds. The maximum Gasteiger partial charge on any atom is 0.155 e. The predicted molar refractivity (Wildman–Crippen MR) is 82.4 cm³/mol. The van der Waals surface area contributed by atoms with E-state index in [2.05, 4.69) is 21.1 Å². The Morgan fingerprint density at radius 2 is 2.09 bits per heavy atom. The van der Waals surface area contributed by atoms with Gasteiger partial charge in [0.25, 0.3) is 0 Å². The molecule has 0 spiro atoms. The van der Waals surface area contributed by atoms with Crippen LogP contribution in [0.4, 0.5) is 0 Å². The van der Waals surface area contributed by atoms with Crippen LogP contribution in [-0.2, 0) is 6.42 Å². The SMILES string of the molecule is C1=C(c2ccn3nccc3n2)c2cnc(C3CCC3)nc2C1. The van der Waals surface area contributed by atoms with Crippen molar-refractivity contribution in [3.05, 3.63) is 59.6 Å². The topological polar surface area (TPSA) is 56.0 Å². The third-order valence-corrected chi connectivity index (χ3v) is 4.68. The van der Waals surface area contributed by atoms with Gasteiger partial charge in [0.1, 0.15) is 5.82 Å². The summed E-state index contributed by atoms with van der Waals surface area (Å²) >= 11 is 0. The van der Waals surface area contributed by atoms with Gasteiger partial charge < -0.3 is 0 Å². The number of aromatic nitrogens is 5. The summed E-state index contributed by atoms with van der Waals surface area (Å²) in [7, 11) is 0. The van der Waals surface area contributed by atoms with E-state index in [1.54, 1.807) is 10.7 Å². The molecule has 108 valence electrons. The molecule has 3 aromatic heterocycles. The summed E-state index contributed by atoms with van der Waals surface area (Å²) in [4.78, 5) is 14.1. The fraction of sp³-hybridized carbons (Fsp3) is 0.294. The zero-order valence-corrected chi connectivity index (χ0v) is 12.1. The van der Waals surface area contributed by atoms with Gasteiger partial charge in [-0.1, -0.05) is 12.5 Å². The van der Waals surface area contributed by atoms with Gasteiger partial charge in [-0.15, -0.1) is 0 Å². The van der Waals surface area contributed by atoms with Crippen LogP contribution in [-0.4, -0.2) is 24.6 Å². The zero-order chi connectivity index (χ0) is 14.5. The normalized spacial score (nSPS) is 17.4. The van der Waals surface area contributed by atoms with E-state index >= 15 is 0 Å². The van der Waals surface area contributed by atoms with Gasteiger partial charge in [-0.2, -0.15) is 5.10 Å². The molecule has 0 atom stereocenters. The highest BCUT2D eigenvalue weighted by molar-refractivity contribution is 5.82. The third-order valence-electron chi connectivity index (χ3n) is 4.68. The Bertz CT molecular complexity index is 904. The molecular formula is C17H15N5. The minimum absolute atomic E-state index is 0.579. The molecule has 0 aromatic carbocycles. The highest BCUT2D eigenvalue weighted by Gasteiger charge is 2.25. The van der Waals surface area contributed by atoms with Crippen molar-refractivity contribution in [3.63, 3.8) is 0 Å². The van der Waals surface area contributed by atoms with Crippen molar-refractivity contribution in [3.8, 4) is 0 Å². The molecule has 22 heavy (non-hydrogen) atoms. The third kappa shape index (κ3) is 1.71. The summed E-state index contributed by atoms with van der Waals surface area (Å²) in [5, 5.41) is 4.19. The van der Waals surface area contributed by atoms with E-state index < -0.39 is 0 Å². The molecule has 3 aromatic rings. The van der Waals surface area contributed by atoms with Crippen LogP contribution in [0, 0.1) is 0 Å². The molecule has 0 saturated heterocycles. The number of rotatable bonds is 2. The van der Waals surface area contributed by atoms with Crippen LogP contribution in [0.2, 0.25) is 0 Å². The lowest BCUT2D eigenvalue weighted by Crippen LogP contribution is -2.13. The molecule has 0 radical (unpaired) electrons. The van der Waals surface area contributed by atoms with Crippen molar-refractivity contribution in [2.24, 2.45) is 0 Å². The molecule has 5 heteroatoms. The lowest BCUT2D eigenvalue weighted by Gasteiger charge is -2.24. The first-order valence-corrected chi connectivity index (χ1v) is 7.75. The van der Waals surface area contributed by atoms with E-state index in [1.165, 1.54) is 19.3 Å². The zero-order valence-electron chi connectivity index (χ0n) is 12.1. The molecule has 0 unspecified atom stereocenters. The highest BCUT2D eigenvalue weighted by atomic mass is 15.2. The Labute approximate surface area is 127 Å². The van der Waals surface area contributed by atoms with Crippen LogP contribution in [0.3, 0.4) is 0 Å². The maximum atomic E-state index is 4.79. The summed E-state index contributed by atoms with van der Waals surface area (Å²) in [6.45, 7) is 0. The number of hydrogen-bond acceptors (Lipinski definition) is 4. The van der Waals surface area contributed by atoms with Gasteiger partial charge in [-0.3, -0.25) is 0 Å². The van der Waals surface area contributed by atoms with Crippen molar-refractivity contribution >= 4 is 11.2 Å². The van der Waals surface area contributed by atoms with E-state index in [1.807, 2.05) is 24.5 Å². The largest absolute Gasteiger partial charge is 0.240 e. The van der Waals surface area contributed by atoms with Gasteiger partial charge in [0.15, 0.2) is 5.65 Å². The molecule has 1 fully saturated rings. The summed E-state index contributed by atoms with van der Waals surface area (Å²) in [6, 6.07) is 3.91. The fourth-order valence-electron chi connectivity index (χ4n) is 3.19. The molecule has 2 aliphatic rings. The Hall–Kier alpha value is -2.56. The molecule has 0 N–H and O–H groups in total. The second-order valence-corrected chi connectivity index (χ2v) is 5.99. The molecule has 5 nitrogen and oxygen atoms in total. The fourth-order valence-corrected chi connectivity index (χ4v) is 3.19. The predicted octanol–water partition coefficient (Wildman–Crippen LogP) is 2.77. The average molecular weight is 289 g/mol. The minimum Gasteiger partial charge on any atom is -0.240 e. The van der Waals surface area contributed by atoms with Gasteiger partial charge >= 0.3 is 0 Å². The van der Waals surface area contributed by atoms with Crippen LogP contribution >= 0.6 is 0 Å². The van der Waals surface area contributed by atoms with Crippen LogP contribution in [0.1, 0.15) is 48.0 Å². The first-order chi connectivity index (χ1) is 10.9. The standard InChI is InChI=1S/C17H15N5/c1-2-11(3-1)17-18-10-13-12(4-5-14(13)21-17)15-7-9-22-16(20-15)6-8-19-22/h4,6-11H,1-3,5H2. The second kappa shape index (κ2) is 4.47. The van der Waals surface area contributed by atoms with Gasteiger partial charge in [-0.05, 0) is 18.9 Å². The summed E-state index contributed by atoms with van der Waals surface area (Å²) < 4.78 is 1.77.